The highest BCUT2D eigenvalue weighted by Gasteiger charge is 2.63. The van der Waals surface area contributed by atoms with Crippen LogP contribution in [-0.4, -0.2) is 76.0 Å². The fourth-order valence-electron chi connectivity index (χ4n) is 3.01. The Kier molecular flexibility index (Phi) is 5.99. The number of hydrogen-bond acceptors (Lipinski definition) is 9. The molecule has 0 aromatic carbocycles. The number of rotatable bonds is 6. The first kappa shape index (κ1) is 19.6. The van der Waals surface area contributed by atoms with Gasteiger partial charge in [-0.3, -0.25) is 9.59 Å². The lowest BCUT2D eigenvalue weighted by molar-refractivity contribution is -0.333. The molecule has 10 heteroatoms. The maximum atomic E-state index is 12.4. The van der Waals surface area contributed by atoms with E-state index in [2.05, 4.69) is 5.32 Å². The van der Waals surface area contributed by atoms with Crippen LogP contribution < -0.4 is 5.32 Å². The minimum absolute atomic E-state index is 0.0387. The molecule has 0 saturated carbocycles. The van der Waals surface area contributed by atoms with E-state index >= 15 is 0 Å². The number of hydrogen-bond donors (Lipinski definition) is 4. The third kappa shape index (κ3) is 3.92. The van der Waals surface area contributed by atoms with Crippen LogP contribution in [0.4, 0.5) is 0 Å². The minimum atomic E-state index is -2.14. The summed E-state index contributed by atoms with van der Waals surface area (Å²) in [5.74, 6) is -4.40. The fraction of sp³-hybridized carbons (Fsp3) is 0.800. The Labute approximate surface area is 144 Å². The summed E-state index contributed by atoms with van der Waals surface area (Å²) in [6.07, 6.45) is -5.25. The number of esters is 2. The summed E-state index contributed by atoms with van der Waals surface area (Å²) in [6.45, 7) is 2.24. The SMILES string of the molecule is CCCC(=O)O[C@@]12C[C@H](O)[C@@H](NC(C)=O)[C@@H](O1)[C@@H]([C@H](O)CO)OC2=O. The molecule has 142 valence electrons. The standard InChI is InChI=1S/C15H23NO9/c1-3-4-10(21)24-15-5-8(19)11(16-7(2)18)13(25-15)12(9(20)6-17)23-14(15)22/h8-9,11-13,17,19-20H,3-6H2,1-2H3,(H,16,18)/t8-,9+,11+,12+,13+,15-/m0/s1. The lowest BCUT2D eigenvalue weighted by atomic mass is 9.86. The van der Waals surface area contributed by atoms with Gasteiger partial charge in [0.15, 0.2) is 6.10 Å². The molecule has 2 heterocycles. The minimum Gasteiger partial charge on any atom is -0.452 e. The van der Waals surface area contributed by atoms with Crippen LogP contribution in [0.1, 0.15) is 33.1 Å². The normalized spacial score (nSPS) is 35.5. The Morgan fingerprint density at radius 2 is 2.16 bits per heavy atom. The molecule has 10 nitrogen and oxygen atoms in total. The van der Waals surface area contributed by atoms with E-state index < -0.39 is 67.1 Å². The largest absolute Gasteiger partial charge is 0.452 e. The first-order valence-corrected chi connectivity index (χ1v) is 8.09. The number of aliphatic hydroxyl groups excluding tert-OH is 3. The van der Waals surface area contributed by atoms with Gasteiger partial charge in [-0.05, 0) is 6.42 Å². The number of fused-ring (bicyclic) bond motifs is 2. The van der Waals surface area contributed by atoms with Gasteiger partial charge in [-0.1, -0.05) is 6.92 Å². The number of cyclic esters (lactones) is 1. The van der Waals surface area contributed by atoms with Crippen LogP contribution in [-0.2, 0) is 28.6 Å². The third-order valence-electron chi connectivity index (χ3n) is 4.12. The molecule has 0 aliphatic carbocycles. The zero-order chi connectivity index (χ0) is 18.8. The molecule has 2 bridgehead atoms. The van der Waals surface area contributed by atoms with Crippen molar-refractivity contribution in [1.82, 2.24) is 5.32 Å². The van der Waals surface area contributed by atoms with Crippen molar-refractivity contribution in [2.24, 2.45) is 0 Å². The Bertz CT molecular complexity index is 537. The molecule has 2 rings (SSSR count). The fourth-order valence-corrected chi connectivity index (χ4v) is 3.01. The zero-order valence-corrected chi connectivity index (χ0v) is 14.0. The number of aliphatic hydroxyl groups is 3. The molecule has 25 heavy (non-hydrogen) atoms. The van der Waals surface area contributed by atoms with Crippen molar-refractivity contribution >= 4 is 17.8 Å². The molecule has 2 aliphatic heterocycles. The monoisotopic (exact) mass is 361 g/mol. The van der Waals surface area contributed by atoms with Crippen LogP contribution in [0, 0.1) is 0 Å². The highest BCUT2D eigenvalue weighted by molar-refractivity contribution is 5.83. The van der Waals surface area contributed by atoms with E-state index in [1.54, 1.807) is 6.92 Å². The average molecular weight is 361 g/mol. The second-order valence-corrected chi connectivity index (χ2v) is 6.18. The second-order valence-electron chi connectivity index (χ2n) is 6.18. The van der Waals surface area contributed by atoms with E-state index in [0.717, 1.165) is 0 Å². The Morgan fingerprint density at radius 3 is 2.72 bits per heavy atom. The molecule has 6 atom stereocenters. The lowest BCUT2D eigenvalue weighted by Crippen LogP contribution is -2.72. The first-order chi connectivity index (χ1) is 11.7. The molecule has 4 N–H and O–H groups in total. The van der Waals surface area contributed by atoms with Gasteiger partial charge in [-0.15, -0.1) is 0 Å². The zero-order valence-electron chi connectivity index (χ0n) is 14.0. The van der Waals surface area contributed by atoms with E-state index in [1.165, 1.54) is 6.92 Å². The van der Waals surface area contributed by atoms with Gasteiger partial charge in [-0.25, -0.2) is 4.79 Å². The van der Waals surface area contributed by atoms with Gasteiger partial charge in [0, 0.05) is 13.3 Å². The topological polar surface area (TPSA) is 152 Å². The van der Waals surface area contributed by atoms with E-state index in [9.17, 15) is 24.6 Å². The Balaban J connectivity index is 2.33. The molecule has 0 aromatic rings. The van der Waals surface area contributed by atoms with Crippen LogP contribution in [0.3, 0.4) is 0 Å². The van der Waals surface area contributed by atoms with E-state index in [0.29, 0.717) is 6.42 Å². The van der Waals surface area contributed by atoms with Crippen molar-refractivity contribution in [2.75, 3.05) is 6.61 Å². The van der Waals surface area contributed by atoms with Crippen LogP contribution in [0.25, 0.3) is 0 Å². The molecule has 0 spiro atoms. The summed E-state index contributed by atoms with van der Waals surface area (Å²) in [7, 11) is 0. The molecule has 0 unspecified atom stereocenters. The molecule has 0 aromatic heterocycles. The smallest absolute Gasteiger partial charge is 0.380 e. The molecule has 1 amide bonds. The highest BCUT2D eigenvalue weighted by Crippen LogP contribution is 2.39. The van der Waals surface area contributed by atoms with Gasteiger partial charge >= 0.3 is 17.7 Å². The molecule has 2 fully saturated rings. The number of ether oxygens (including phenoxy) is 3. The summed E-state index contributed by atoms with van der Waals surface area (Å²) in [4.78, 5) is 35.6. The second kappa shape index (κ2) is 7.65. The number of nitrogens with one attached hydrogen (secondary N) is 1. The number of carbonyl (C=O) groups is 3. The van der Waals surface area contributed by atoms with Crippen molar-refractivity contribution in [3.63, 3.8) is 0 Å². The van der Waals surface area contributed by atoms with E-state index in [4.69, 9.17) is 19.3 Å². The summed E-state index contributed by atoms with van der Waals surface area (Å²) in [6, 6.07) is -1.02. The highest BCUT2D eigenvalue weighted by atomic mass is 16.8. The van der Waals surface area contributed by atoms with Gasteiger partial charge in [-0.2, -0.15) is 0 Å². The van der Waals surface area contributed by atoms with E-state index in [-0.39, 0.29) is 6.42 Å². The van der Waals surface area contributed by atoms with Gasteiger partial charge in [0.25, 0.3) is 0 Å². The molecular formula is C15H23NO9. The molecule has 2 saturated heterocycles. The van der Waals surface area contributed by atoms with Gasteiger partial charge in [0.2, 0.25) is 5.91 Å². The lowest BCUT2D eigenvalue weighted by Gasteiger charge is -2.51. The average Bonchev–Trinajstić information content (AvgIpc) is 2.53. The van der Waals surface area contributed by atoms with Crippen LogP contribution >= 0.6 is 0 Å². The van der Waals surface area contributed by atoms with Gasteiger partial charge in [0.1, 0.15) is 12.2 Å². The van der Waals surface area contributed by atoms with Crippen molar-refractivity contribution in [1.29, 1.82) is 0 Å². The third-order valence-corrected chi connectivity index (χ3v) is 4.12. The summed E-state index contributed by atoms with van der Waals surface area (Å²) >= 11 is 0. The van der Waals surface area contributed by atoms with Crippen LogP contribution in [0.5, 0.6) is 0 Å². The summed E-state index contributed by atoms with van der Waals surface area (Å²) < 4.78 is 15.9. The van der Waals surface area contributed by atoms with Crippen molar-refractivity contribution in [3.05, 3.63) is 0 Å². The van der Waals surface area contributed by atoms with Crippen molar-refractivity contribution < 1.29 is 43.9 Å². The van der Waals surface area contributed by atoms with Gasteiger partial charge < -0.3 is 34.8 Å². The number of amides is 1. The summed E-state index contributed by atoms with van der Waals surface area (Å²) in [5, 5.41) is 31.9. The predicted octanol–water partition coefficient (Wildman–Crippen LogP) is -2.04. The number of carbonyl (C=O) groups excluding carboxylic acids is 3. The maximum absolute atomic E-state index is 12.4. The Hall–Kier alpha value is -1.75. The first-order valence-electron chi connectivity index (χ1n) is 8.09. The molecular weight excluding hydrogens is 338 g/mol. The predicted molar refractivity (Wildman–Crippen MR) is 79.8 cm³/mol. The molecule has 0 radical (unpaired) electrons. The quantitative estimate of drug-likeness (QED) is 0.392. The van der Waals surface area contributed by atoms with Crippen LogP contribution in [0.15, 0.2) is 0 Å². The summed E-state index contributed by atoms with van der Waals surface area (Å²) in [5.41, 5.74) is 0. The molecule has 2 aliphatic rings. The van der Waals surface area contributed by atoms with Crippen molar-refractivity contribution in [2.45, 2.75) is 69.4 Å². The van der Waals surface area contributed by atoms with Crippen LogP contribution in [0.2, 0.25) is 0 Å². The van der Waals surface area contributed by atoms with Gasteiger partial charge in [0.05, 0.1) is 25.2 Å². The van der Waals surface area contributed by atoms with Crippen molar-refractivity contribution in [3.8, 4) is 0 Å². The Morgan fingerprint density at radius 1 is 1.48 bits per heavy atom. The maximum Gasteiger partial charge on any atom is 0.380 e. The van der Waals surface area contributed by atoms with E-state index in [1.807, 2.05) is 0 Å².